The zero-order chi connectivity index (χ0) is 31.5. The summed E-state index contributed by atoms with van der Waals surface area (Å²) in [6.07, 6.45) is 3.47. The van der Waals surface area contributed by atoms with E-state index in [1.165, 1.54) is 11.1 Å². The summed E-state index contributed by atoms with van der Waals surface area (Å²) in [5.74, 6) is 5.52. The molecule has 0 aromatic heterocycles. The van der Waals surface area contributed by atoms with Gasteiger partial charge in [-0.2, -0.15) is 0 Å². The van der Waals surface area contributed by atoms with Crippen molar-refractivity contribution >= 4 is 5.91 Å². The molecule has 46 heavy (non-hydrogen) atoms. The van der Waals surface area contributed by atoms with Crippen LogP contribution in [0.5, 0.6) is 46.0 Å². The van der Waals surface area contributed by atoms with Crippen molar-refractivity contribution < 1.29 is 28.5 Å². The Morgan fingerprint density at radius 1 is 0.761 bits per heavy atom. The maximum Gasteiger partial charge on any atom is 0.222 e. The quantitative estimate of drug-likeness (QED) is 0.207. The molecule has 4 aromatic carbocycles. The Hall–Kier alpha value is -4.69. The first kappa shape index (κ1) is 28.8. The van der Waals surface area contributed by atoms with Crippen molar-refractivity contribution in [2.75, 3.05) is 34.4 Å². The van der Waals surface area contributed by atoms with Crippen molar-refractivity contribution in [3.63, 3.8) is 0 Å². The predicted molar refractivity (Wildman–Crippen MR) is 174 cm³/mol. The standard InChI is InChI=1S/C38H38N2O6/c1-5-35(41)40-15-13-24-19-32-33-21-27(24)28(40)17-23-8-11-30(42-3)31(18-23)44-26-9-6-22(7-10-26)16-29-36-25(12-14-39(29)2)20-34(43-4)37(45-32)38(36)46-33/h6-11,18-21,28-29H,5,12-17H2,1-4H3/t28-,29-/m0/s1. The molecule has 2 atom stereocenters. The average molecular weight is 619 g/mol. The molecule has 5 heterocycles. The van der Waals surface area contributed by atoms with Crippen LogP contribution in [0.15, 0.2) is 60.7 Å². The zero-order valence-corrected chi connectivity index (χ0v) is 26.7. The van der Waals surface area contributed by atoms with Crippen LogP contribution in [0.4, 0.5) is 0 Å². The van der Waals surface area contributed by atoms with Crippen molar-refractivity contribution in [1.82, 2.24) is 9.80 Å². The molecule has 0 radical (unpaired) electrons. The van der Waals surface area contributed by atoms with Crippen LogP contribution in [0.25, 0.3) is 0 Å². The highest BCUT2D eigenvalue weighted by molar-refractivity contribution is 5.77. The minimum Gasteiger partial charge on any atom is -0.493 e. The Morgan fingerprint density at radius 3 is 2.26 bits per heavy atom. The molecule has 5 aliphatic heterocycles. The lowest BCUT2D eigenvalue weighted by Gasteiger charge is -2.40. The van der Waals surface area contributed by atoms with Gasteiger partial charge in [-0.25, -0.2) is 0 Å². The number of likely N-dealkylation sites (N-methyl/N-ethyl adjacent to an activating group) is 1. The second-order valence-corrected chi connectivity index (χ2v) is 12.6. The second kappa shape index (κ2) is 11.3. The first-order valence-corrected chi connectivity index (χ1v) is 16.1. The molecule has 8 heteroatoms. The van der Waals surface area contributed by atoms with E-state index < -0.39 is 0 Å². The van der Waals surface area contributed by atoms with Crippen LogP contribution in [-0.2, 0) is 30.5 Å². The summed E-state index contributed by atoms with van der Waals surface area (Å²) in [7, 11) is 5.51. The van der Waals surface area contributed by atoms with E-state index in [9.17, 15) is 4.79 Å². The highest BCUT2D eigenvalue weighted by Crippen LogP contribution is 2.56. The monoisotopic (exact) mass is 618 g/mol. The van der Waals surface area contributed by atoms with Crippen LogP contribution in [0, 0.1) is 0 Å². The fourth-order valence-electron chi connectivity index (χ4n) is 7.54. The molecule has 1 amide bonds. The van der Waals surface area contributed by atoms with E-state index in [0.29, 0.717) is 59.6 Å². The number of methoxy groups -OCH3 is 2. The number of rotatable bonds is 3. The molecular formula is C38H38N2O6. The van der Waals surface area contributed by atoms with Crippen molar-refractivity contribution in [2.45, 2.75) is 51.1 Å². The van der Waals surface area contributed by atoms with Gasteiger partial charge in [0.25, 0.3) is 0 Å². The summed E-state index contributed by atoms with van der Waals surface area (Å²) in [5.41, 5.74) is 6.82. The van der Waals surface area contributed by atoms with E-state index in [4.69, 9.17) is 23.7 Å². The van der Waals surface area contributed by atoms with Gasteiger partial charge in [0.05, 0.1) is 20.3 Å². The number of hydrogen-bond donors (Lipinski definition) is 0. The number of carbonyl (C=O) groups excluding carboxylic acids is 1. The minimum absolute atomic E-state index is 0.0685. The molecule has 0 N–H and O–H groups in total. The first-order chi connectivity index (χ1) is 22.4. The summed E-state index contributed by atoms with van der Waals surface area (Å²) >= 11 is 0. The summed E-state index contributed by atoms with van der Waals surface area (Å²) in [4.78, 5) is 17.8. The lowest BCUT2D eigenvalue weighted by atomic mass is 9.86. The molecule has 0 aliphatic carbocycles. The molecule has 4 aromatic rings. The summed E-state index contributed by atoms with van der Waals surface area (Å²) in [6, 6.07) is 20.5. The minimum atomic E-state index is -0.177. The van der Waals surface area contributed by atoms with Gasteiger partial charge in [-0.1, -0.05) is 25.1 Å². The van der Waals surface area contributed by atoms with E-state index in [-0.39, 0.29) is 18.0 Å². The van der Waals surface area contributed by atoms with Crippen LogP contribution in [0.3, 0.4) is 0 Å². The third kappa shape index (κ3) is 4.74. The van der Waals surface area contributed by atoms with Crippen LogP contribution in [-0.4, -0.2) is 50.1 Å². The molecule has 0 saturated carbocycles. The SMILES string of the molecule is CCC(=O)N1CCc2cc3c4cc2[C@@H]1Cc1ccc(OC)c(c1)Oc1ccc(cc1)C[C@H]1c2c(cc(OC)c(c2O4)O3)CCN1C. The van der Waals surface area contributed by atoms with E-state index in [0.717, 1.165) is 53.8 Å². The molecule has 5 aliphatic rings. The van der Waals surface area contributed by atoms with Crippen molar-refractivity contribution in [1.29, 1.82) is 0 Å². The third-order valence-electron chi connectivity index (χ3n) is 9.99. The number of amides is 1. The molecule has 0 unspecified atom stereocenters. The van der Waals surface area contributed by atoms with Crippen LogP contribution < -0.4 is 23.7 Å². The van der Waals surface area contributed by atoms with Gasteiger partial charge in [0.15, 0.2) is 34.5 Å². The van der Waals surface area contributed by atoms with Crippen LogP contribution in [0.1, 0.15) is 58.8 Å². The van der Waals surface area contributed by atoms with E-state index in [1.807, 2.05) is 36.1 Å². The van der Waals surface area contributed by atoms with Crippen molar-refractivity contribution in [2.24, 2.45) is 0 Å². The molecule has 0 fully saturated rings. The average Bonchev–Trinajstić information content (AvgIpc) is 3.07. The van der Waals surface area contributed by atoms with Crippen molar-refractivity contribution in [3.8, 4) is 46.0 Å². The third-order valence-corrected chi connectivity index (χ3v) is 9.99. The Kier molecular flexibility index (Phi) is 7.05. The Labute approximate surface area is 269 Å². The number of nitrogens with zero attached hydrogens (tertiary/aromatic N) is 2. The second-order valence-electron chi connectivity index (χ2n) is 12.6. The van der Waals surface area contributed by atoms with Gasteiger partial charge in [-0.3, -0.25) is 9.69 Å². The summed E-state index contributed by atoms with van der Waals surface area (Å²) in [6.45, 7) is 3.48. The van der Waals surface area contributed by atoms with Gasteiger partial charge in [-0.05, 0) is 103 Å². The largest absolute Gasteiger partial charge is 0.493 e. The molecule has 9 rings (SSSR count). The van der Waals surface area contributed by atoms with Gasteiger partial charge in [0.1, 0.15) is 5.75 Å². The van der Waals surface area contributed by atoms with E-state index in [1.54, 1.807) is 14.2 Å². The van der Waals surface area contributed by atoms with Crippen LogP contribution in [0.2, 0.25) is 0 Å². The Bertz CT molecular complexity index is 1850. The molecule has 0 saturated heterocycles. The van der Waals surface area contributed by atoms with Crippen LogP contribution >= 0.6 is 0 Å². The van der Waals surface area contributed by atoms with E-state index >= 15 is 0 Å². The molecule has 7 bridgehead atoms. The molecule has 236 valence electrons. The maximum absolute atomic E-state index is 13.3. The molecular weight excluding hydrogens is 580 g/mol. The van der Waals surface area contributed by atoms with Gasteiger partial charge in [-0.15, -0.1) is 0 Å². The number of carbonyl (C=O) groups is 1. The Balaban J connectivity index is 1.34. The number of benzene rings is 4. The van der Waals surface area contributed by atoms with Gasteiger partial charge >= 0.3 is 0 Å². The molecule has 8 nitrogen and oxygen atoms in total. The summed E-state index contributed by atoms with van der Waals surface area (Å²) in [5, 5.41) is 0. The predicted octanol–water partition coefficient (Wildman–Crippen LogP) is 7.56. The van der Waals surface area contributed by atoms with E-state index in [2.05, 4.69) is 48.3 Å². The lowest BCUT2D eigenvalue weighted by Crippen LogP contribution is -2.40. The first-order valence-electron chi connectivity index (χ1n) is 16.1. The lowest BCUT2D eigenvalue weighted by molar-refractivity contribution is -0.133. The smallest absolute Gasteiger partial charge is 0.222 e. The van der Waals surface area contributed by atoms with Gasteiger partial charge < -0.3 is 28.6 Å². The Morgan fingerprint density at radius 2 is 1.48 bits per heavy atom. The fraction of sp³-hybridized carbons (Fsp3) is 0.342. The zero-order valence-electron chi connectivity index (χ0n) is 26.7. The number of ether oxygens (including phenoxy) is 5. The maximum atomic E-state index is 13.3. The van der Waals surface area contributed by atoms with Gasteiger partial charge in [0.2, 0.25) is 11.7 Å². The number of hydrogen-bond acceptors (Lipinski definition) is 7. The molecule has 0 spiro atoms. The number of fused-ring (bicyclic) bond motifs is 2. The topological polar surface area (TPSA) is 69.7 Å². The van der Waals surface area contributed by atoms with Gasteiger partial charge in [0, 0.05) is 31.1 Å². The highest BCUT2D eigenvalue weighted by Gasteiger charge is 2.38. The summed E-state index contributed by atoms with van der Waals surface area (Å²) < 4.78 is 31.6. The highest BCUT2D eigenvalue weighted by atomic mass is 16.6. The normalized spacial score (nSPS) is 19.3. The van der Waals surface area contributed by atoms with Crippen molar-refractivity contribution in [3.05, 3.63) is 94.0 Å². The fourth-order valence-corrected chi connectivity index (χ4v) is 7.54.